The van der Waals surface area contributed by atoms with Crippen LogP contribution in [0.1, 0.15) is 21.6 Å². The predicted molar refractivity (Wildman–Crippen MR) is 89.8 cm³/mol. The highest BCUT2D eigenvalue weighted by Crippen LogP contribution is 2.22. The first-order chi connectivity index (χ1) is 11.1. The monoisotopic (exact) mass is 307 g/mol. The first-order valence-electron chi connectivity index (χ1n) is 7.20. The maximum Gasteiger partial charge on any atom is 0.354 e. The van der Waals surface area contributed by atoms with Gasteiger partial charge in [-0.05, 0) is 23.8 Å². The average molecular weight is 307 g/mol. The van der Waals surface area contributed by atoms with Crippen molar-refractivity contribution >= 4 is 22.7 Å². The number of para-hydroxylation sites is 1. The van der Waals surface area contributed by atoms with Crippen molar-refractivity contribution in [1.29, 1.82) is 5.41 Å². The average Bonchev–Trinajstić information content (AvgIpc) is 2.93. The minimum atomic E-state index is -0.371. The highest BCUT2D eigenvalue weighted by Gasteiger charge is 2.16. The summed E-state index contributed by atoms with van der Waals surface area (Å²) in [5.41, 5.74) is 8.64. The Morgan fingerprint density at radius 1 is 1.17 bits per heavy atom. The molecule has 0 bridgehead atoms. The van der Waals surface area contributed by atoms with E-state index in [1.165, 1.54) is 7.11 Å². The number of nitrogens with two attached hydrogens (primary N) is 1. The molecule has 3 N–H and O–H groups in total. The van der Waals surface area contributed by atoms with Gasteiger partial charge in [-0.2, -0.15) is 0 Å². The molecule has 0 radical (unpaired) electrons. The molecule has 3 aromatic rings. The van der Waals surface area contributed by atoms with Crippen molar-refractivity contribution in [1.82, 2.24) is 4.57 Å². The normalized spacial score (nSPS) is 10.7. The lowest BCUT2D eigenvalue weighted by Crippen LogP contribution is -2.13. The SMILES string of the molecule is COC(=O)c1cc2ccccc2n1Cc1cccc(C(=N)N)c1. The zero-order valence-corrected chi connectivity index (χ0v) is 12.7. The van der Waals surface area contributed by atoms with Crippen LogP contribution in [0.5, 0.6) is 0 Å². The number of amidine groups is 1. The van der Waals surface area contributed by atoms with E-state index in [0.717, 1.165) is 16.5 Å². The number of nitrogen functional groups attached to an aromatic ring is 1. The Kier molecular flexibility index (Phi) is 3.85. The molecular weight excluding hydrogens is 290 g/mol. The summed E-state index contributed by atoms with van der Waals surface area (Å²) in [5, 5.41) is 8.53. The molecule has 0 saturated carbocycles. The van der Waals surface area contributed by atoms with Crippen LogP contribution in [-0.2, 0) is 11.3 Å². The molecule has 0 fully saturated rings. The summed E-state index contributed by atoms with van der Waals surface area (Å²) in [7, 11) is 1.38. The van der Waals surface area contributed by atoms with E-state index in [0.29, 0.717) is 17.8 Å². The number of nitrogens with one attached hydrogen (secondary N) is 1. The van der Waals surface area contributed by atoms with E-state index in [2.05, 4.69) is 0 Å². The van der Waals surface area contributed by atoms with E-state index in [1.54, 1.807) is 6.07 Å². The van der Waals surface area contributed by atoms with E-state index >= 15 is 0 Å². The first-order valence-corrected chi connectivity index (χ1v) is 7.20. The zero-order chi connectivity index (χ0) is 16.4. The second-order valence-electron chi connectivity index (χ2n) is 5.28. The summed E-state index contributed by atoms with van der Waals surface area (Å²) in [4.78, 5) is 12.1. The van der Waals surface area contributed by atoms with Crippen molar-refractivity contribution in [3.63, 3.8) is 0 Å². The summed E-state index contributed by atoms with van der Waals surface area (Å²) < 4.78 is 6.81. The predicted octanol–water partition coefficient (Wildman–Crippen LogP) is 2.76. The number of esters is 1. The van der Waals surface area contributed by atoms with Crippen molar-refractivity contribution in [3.8, 4) is 0 Å². The lowest BCUT2D eigenvalue weighted by molar-refractivity contribution is 0.0589. The van der Waals surface area contributed by atoms with E-state index in [1.807, 2.05) is 53.1 Å². The fourth-order valence-corrected chi connectivity index (χ4v) is 2.67. The molecule has 5 heteroatoms. The number of hydrogen-bond acceptors (Lipinski definition) is 3. The van der Waals surface area contributed by atoms with Crippen LogP contribution in [-0.4, -0.2) is 23.5 Å². The Bertz CT molecular complexity index is 896. The van der Waals surface area contributed by atoms with Gasteiger partial charge in [0.15, 0.2) is 0 Å². The number of carbonyl (C=O) groups is 1. The van der Waals surface area contributed by atoms with Crippen molar-refractivity contribution in [2.75, 3.05) is 7.11 Å². The molecule has 2 aromatic carbocycles. The van der Waals surface area contributed by atoms with Crippen LogP contribution < -0.4 is 5.73 Å². The zero-order valence-electron chi connectivity index (χ0n) is 12.7. The Morgan fingerprint density at radius 2 is 1.96 bits per heavy atom. The highest BCUT2D eigenvalue weighted by molar-refractivity contribution is 5.96. The molecule has 23 heavy (non-hydrogen) atoms. The highest BCUT2D eigenvalue weighted by atomic mass is 16.5. The van der Waals surface area contributed by atoms with Gasteiger partial charge in [0.25, 0.3) is 0 Å². The van der Waals surface area contributed by atoms with Crippen LogP contribution in [0.4, 0.5) is 0 Å². The van der Waals surface area contributed by atoms with Gasteiger partial charge in [-0.15, -0.1) is 0 Å². The van der Waals surface area contributed by atoms with Gasteiger partial charge in [-0.1, -0.05) is 36.4 Å². The molecule has 0 atom stereocenters. The molecule has 0 aliphatic heterocycles. The summed E-state index contributed by atoms with van der Waals surface area (Å²) in [5.74, 6) is -0.346. The standard InChI is InChI=1S/C18H17N3O2/c1-23-18(22)16-10-13-6-2-3-8-15(13)21(16)11-12-5-4-7-14(9-12)17(19)20/h2-10H,11H2,1H3,(H3,19,20). The third-order valence-corrected chi connectivity index (χ3v) is 3.78. The maximum atomic E-state index is 12.1. The van der Waals surface area contributed by atoms with Crippen molar-refractivity contribution < 1.29 is 9.53 Å². The quantitative estimate of drug-likeness (QED) is 0.442. The summed E-state index contributed by atoms with van der Waals surface area (Å²) in [6.45, 7) is 0.499. The molecule has 1 heterocycles. The van der Waals surface area contributed by atoms with Crippen molar-refractivity contribution in [2.45, 2.75) is 6.54 Å². The van der Waals surface area contributed by atoms with E-state index < -0.39 is 0 Å². The van der Waals surface area contributed by atoms with Crippen LogP contribution in [0.15, 0.2) is 54.6 Å². The second kappa shape index (κ2) is 5.96. The minimum Gasteiger partial charge on any atom is -0.464 e. The molecule has 0 aliphatic carbocycles. The number of nitrogens with zero attached hydrogens (tertiary/aromatic N) is 1. The van der Waals surface area contributed by atoms with Gasteiger partial charge in [0.05, 0.1) is 7.11 Å². The van der Waals surface area contributed by atoms with Gasteiger partial charge < -0.3 is 15.0 Å². The number of ether oxygens (including phenoxy) is 1. The van der Waals surface area contributed by atoms with Gasteiger partial charge in [-0.25, -0.2) is 4.79 Å². The van der Waals surface area contributed by atoms with E-state index in [4.69, 9.17) is 15.9 Å². The molecule has 3 rings (SSSR count). The summed E-state index contributed by atoms with van der Waals surface area (Å²) >= 11 is 0. The third-order valence-electron chi connectivity index (χ3n) is 3.78. The van der Waals surface area contributed by atoms with Crippen LogP contribution >= 0.6 is 0 Å². The van der Waals surface area contributed by atoms with Gasteiger partial charge in [0.1, 0.15) is 11.5 Å². The van der Waals surface area contributed by atoms with Gasteiger partial charge in [0, 0.05) is 23.0 Å². The van der Waals surface area contributed by atoms with Crippen molar-refractivity contribution in [2.24, 2.45) is 5.73 Å². The molecule has 116 valence electrons. The third kappa shape index (κ3) is 2.81. The number of carbonyl (C=O) groups excluding carboxylic acids is 1. The molecular formula is C18H17N3O2. The van der Waals surface area contributed by atoms with Crippen LogP contribution in [0, 0.1) is 5.41 Å². The number of rotatable bonds is 4. The largest absolute Gasteiger partial charge is 0.464 e. The smallest absolute Gasteiger partial charge is 0.354 e. The van der Waals surface area contributed by atoms with Crippen LogP contribution in [0.25, 0.3) is 10.9 Å². The fraction of sp³-hybridized carbons (Fsp3) is 0.111. The molecule has 5 nitrogen and oxygen atoms in total. The lowest BCUT2D eigenvalue weighted by atomic mass is 10.1. The van der Waals surface area contributed by atoms with Gasteiger partial charge in [-0.3, -0.25) is 5.41 Å². The maximum absolute atomic E-state index is 12.1. The molecule has 1 aromatic heterocycles. The molecule has 0 amide bonds. The van der Waals surface area contributed by atoms with Gasteiger partial charge in [0.2, 0.25) is 0 Å². The molecule has 0 aliphatic rings. The number of fused-ring (bicyclic) bond motifs is 1. The van der Waals surface area contributed by atoms with Gasteiger partial charge >= 0.3 is 5.97 Å². The Labute approximate surface area is 133 Å². The number of aromatic nitrogens is 1. The van der Waals surface area contributed by atoms with E-state index in [9.17, 15) is 4.79 Å². The second-order valence-corrected chi connectivity index (χ2v) is 5.28. The Balaban J connectivity index is 2.10. The van der Waals surface area contributed by atoms with Crippen LogP contribution in [0.3, 0.4) is 0 Å². The minimum absolute atomic E-state index is 0.0254. The topological polar surface area (TPSA) is 81.1 Å². The number of benzene rings is 2. The van der Waals surface area contributed by atoms with E-state index in [-0.39, 0.29) is 11.8 Å². The Hall–Kier alpha value is -3.08. The first kappa shape index (κ1) is 14.8. The molecule has 0 spiro atoms. The van der Waals surface area contributed by atoms with Crippen LogP contribution in [0.2, 0.25) is 0 Å². The molecule has 0 saturated heterocycles. The molecule has 0 unspecified atom stereocenters. The van der Waals surface area contributed by atoms with Crippen molar-refractivity contribution in [3.05, 3.63) is 71.4 Å². The lowest BCUT2D eigenvalue weighted by Gasteiger charge is -2.11. The summed E-state index contributed by atoms with van der Waals surface area (Å²) in [6.07, 6.45) is 0. The summed E-state index contributed by atoms with van der Waals surface area (Å²) in [6, 6.07) is 17.1. The number of methoxy groups -OCH3 is 1. The Morgan fingerprint density at radius 3 is 2.70 bits per heavy atom. The fourth-order valence-electron chi connectivity index (χ4n) is 2.67. The number of hydrogen-bond donors (Lipinski definition) is 2.